The molecule has 1 aromatic rings. The summed E-state index contributed by atoms with van der Waals surface area (Å²) in [5, 5.41) is 21.2. The molecule has 142 valence electrons. The minimum Gasteiger partial charge on any atom is -0.506 e. The monoisotopic (exact) mass is 486 g/mol. The molecular weight excluding hydrogens is 464 g/mol. The molecule has 1 unspecified atom stereocenters. The number of fused-ring (bicyclic) bond motifs is 6. The molecule has 5 atom stereocenters. The highest BCUT2D eigenvalue weighted by molar-refractivity contribution is 9.11. The van der Waals surface area contributed by atoms with E-state index in [4.69, 9.17) is 9.47 Å². The molecule has 1 saturated heterocycles. The highest BCUT2D eigenvalue weighted by Crippen LogP contribution is 2.66. The van der Waals surface area contributed by atoms with Gasteiger partial charge in [-0.05, 0) is 98.9 Å². The van der Waals surface area contributed by atoms with E-state index in [1.807, 2.05) is 0 Å². The molecule has 2 N–H and O–H groups in total. The summed E-state index contributed by atoms with van der Waals surface area (Å²) < 4.78 is 13.7. The summed E-state index contributed by atoms with van der Waals surface area (Å²) in [5.41, 5.74) is 2.47. The van der Waals surface area contributed by atoms with Crippen molar-refractivity contribution in [3.63, 3.8) is 0 Å². The summed E-state index contributed by atoms with van der Waals surface area (Å²) in [7, 11) is 0. The second-order valence-corrected chi connectivity index (χ2v) is 10.2. The Kier molecular flexibility index (Phi) is 4.09. The lowest BCUT2D eigenvalue weighted by Crippen LogP contribution is -2.54. The van der Waals surface area contributed by atoms with Gasteiger partial charge in [0.05, 0.1) is 22.2 Å². The molecular formula is C20H24Br2O4. The molecule has 0 amide bonds. The number of halogens is 2. The van der Waals surface area contributed by atoms with Gasteiger partial charge in [-0.2, -0.15) is 0 Å². The molecule has 3 aliphatic carbocycles. The Morgan fingerprint density at radius 3 is 2.65 bits per heavy atom. The highest BCUT2D eigenvalue weighted by atomic mass is 79.9. The Labute approximate surface area is 170 Å². The van der Waals surface area contributed by atoms with Crippen LogP contribution in [0.1, 0.15) is 49.7 Å². The number of aliphatic hydroxyl groups is 1. The van der Waals surface area contributed by atoms with Crippen LogP contribution < -0.4 is 0 Å². The number of phenols is 1. The maximum absolute atomic E-state index is 10.9. The second kappa shape index (κ2) is 5.93. The smallest absolute Gasteiger partial charge is 0.200 e. The fourth-order valence-electron chi connectivity index (χ4n) is 6.55. The van der Waals surface area contributed by atoms with Crippen molar-refractivity contribution in [3.8, 4) is 5.75 Å². The number of phenolic OH excluding ortho intramolecular Hbond substituents is 1. The number of aromatic hydroxyl groups is 1. The van der Waals surface area contributed by atoms with Gasteiger partial charge in [-0.3, -0.25) is 0 Å². The number of rotatable bonds is 0. The first-order chi connectivity index (χ1) is 12.4. The minimum atomic E-state index is -0.807. The lowest BCUT2D eigenvalue weighted by atomic mass is 9.55. The van der Waals surface area contributed by atoms with Gasteiger partial charge in [-0.25, -0.2) is 0 Å². The van der Waals surface area contributed by atoms with E-state index < -0.39 is 11.9 Å². The lowest BCUT2D eigenvalue weighted by molar-refractivity contribution is -0.270. The van der Waals surface area contributed by atoms with Crippen molar-refractivity contribution in [1.29, 1.82) is 0 Å². The van der Waals surface area contributed by atoms with Gasteiger partial charge in [-0.1, -0.05) is 6.92 Å². The van der Waals surface area contributed by atoms with Gasteiger partial charge in [0.25, 0.3) is 0 Å². The molecule has 1 aromatic carbocycles. The predicted molar refractivity (Wildman–Crippen MR) is 104 cm³/mol. The minimum absolute atomic E-state index is 0.132. The number of hydrogen-bond acceptors (Lipinski definition) is 4. The molecule has 4 nitrogen and oxygen atoms in total. The van der Waals surface area contributed by atoms with E-state index in [1.54, 1.807) is 0 Å². The maximum atomic E-state index is 10.9. The third kappa shape index (κ3) is 2.11. The Hall–Kier alpha value is -0.140. The van der Waals surface area contributed by atoms with E-state index in [1.165, 1.54) is 11.1 Å². The first-order valence-corrected chi connectivity index (χ1v) is 11.1. The molecule has 1 spiro atoms. The van der Waals surface area contributed by atoms with Crippen LogP contribution >= 0.6 is 31.9 Å². The Balaban J connectivity index is 1.56. The zero-order chi connectivity index (χ0) is 18.3. The van der Waals surface area contributed by atoms with Gasteiger partial charge in [0.2, 0.25) is 0 Å². The molecule has 26 heavy (non-hydrogen) atoms. The van der Waals surface area contributed by atoms with E-state index >= 15 is 0 Å². The van der Waals surface area contributed by atoms with Crippen LogP contribution in [0.3, 0.4) is 0 Å². The third-order valence-electron chi connectivity index (χ3n) is 7.71. The molecule has 0 bridgehead atoms. The van der Waals surface area contributed by atoms with Crippen molar-refractivity contribution in [2.45, 2.75) is 56.8 Å². The molecule has 1 heterocycles. The van der Waals surface area contributed by atoms with Crippen molar-refractivity contribution < 1.29 is 19.7 Å². The molecule has 0 radical (unpaired) electrons. The molecule has 6 heteroatoms. The van der Waals surface area contributed by atoms with Crippen LogP contribution in [0.15, 0.2) is 15.0 Å². The van der Waals surface area contributed by atoms with Gasteiger partial charge in [-0.15, -0.1) is 0 Å². The summed E-state index contributed by atoms with van der Waals surface area (Å²) >= 11 is 7.11. The Bertz CT molecular complexity index is 761. The third-order valence-corrected chi connectivity index (χ3v) is 9.17. The van der Waals surface area contributed by atoms with Crippen molar-refractivity contribution in [1.82, 2.24) is 0 Å². The van der Waals surface area contributed by atoms with E-state index in [0.717, 1.165) is 41.0 Å². The number of hydrogen-bond donors (Lipinski definition) is 2. The van der Waals surface area contributed by atoms with Crippen molar-refractivity contribution in [3.05, 3.63) is 26.1 Å². The van der Waals surface area contributed by atoms with Gasteiger partial charge in [0, 0.05) is 5.41 Å². The van der Waals surface area contributed by atoms with E-state index in [-0.39, 0.29) is 5.41 Å². The molecule has 1 aliphatic heterocycles. The quantitative estimate of drug-likeness (QED) is 0.566. The Morgan fingerprint density at radius 2 is 1.92 bits per heavy atom. The van der Waals surface area contributed by atoms with Crippen LogP contribution in [0.4, 0.5) is 0 Å². The van der Waals surface area contributed by atoms with Crippen LogP contribution in [0.5, 0.6) is 5.75 Å². The normalized spacial score (nSPS) is 40.3. The van der Waals surface area contributed by atoms with E-state index in [0.29, 0.717) is 36.7 Å². The van der Waals surface area contributed by atoms with Gasteiger partial charge in [0.1, 0.15) is 11.9 Å². The topological polar surface area (TPSA) is 58.9 Å². The predicted octanol–water partition coefficient (Wildman–Crippen LogP) is 4.49. The highest BCUT2D eigenvalue weighted by Gasteiger charge is 2.69. The van der Waals surface area contributed by atoms with Crippen molar-refractivity contribution in [2.75, 3.05) is 13.2 Å². The largest absolute Gasteiger partial charge is 0.506 e. The van der Waals surface area contributed by atoms with Crippen LogP contribution in [0.25, 0.3) is 0 Å². The van der Waals surface area contributed by atoms with Crippen LogP contribution in [0, 0.1) is 17.3 Å². The summed E-state index contributed by atoms with van der Waals surface area (Å²) in [6.07, 6.45) is 4.31. The number of benzene rings is 1. The summed E-state index contributed by atoms with van der Waals surface area (Å²) in [4.78, 5) is 0. The fourth-order valence-corrected chi connectivity index (χ4v) is 7.90. The number of ether oxygens (including phenoxy) is 2. The van der Waals surface area contributed by atoms with E-state index in [9.17, 15) is 10.2 Å². The average Bonchev–Trinajstić information content (AvgIpc) is 3.20. The summed E-state index contributed by atoms with van der Waals surface area (Å²) in [6.45, 7) is 3.43. The molecule has 2 saturated carbocycles. The average molecular weight is 488 g/mol. The SMILES string of the molecule is C[C@@]12CCC3c4cc(Br)c(O)c(Br)c4CC[C@@H]3[C@H]1C[C@H](O)C21OCCO1. The summed E-state index contributed by atoms with van der Waals surface area (Å²) in [6, 6.07) is 2.11. The van der Waals surface area contributed by atoms with Gasteiger partial charge >= 0.3 is 0 Å². The standard InChI is InChI=1S/C20H24Br2O4/c1-19-5-4-10-11(14(19)9-16(23)20(19)25-6-7-26-20)2-3-12-13(10)8-15(21)18(24)17(12)22/h8,10-11,14,16,23-24H,2-7,9H2,1H3/t10?,11-,14+,16-,19+/m0/s1. The first kappa shape index (κ1) is 17.9. The molecule has 5 rings (SSSR count). The van der Waals surface area contributed by atoms with Gasteiger partial charge in [0.15, 0.2) is 5.79 Å². The second-order valence-electron chi connectivity index (χ2n) is 8.58. The first-order valence-electron chi connectivity index (χ1n) is 9.55. The summed E-state index contributed by atoms with van der Waals surface area (Å²) in [5.74, 6) is 0.874. The van der Waals surface area contributed by atoms with Crippen LogP contribution in [0.2, 0.25) is 0 Å². The molecule has 0 aromatic heterocycles. The van der Waals surface area contributed by atoms with Crippen molar-refractivity contribution in [2.24, 2.45) is 17.3 Å². The molecule has 3 fully saturated rings. The maximum Gasteiger partial charge on any atom is 0.200 e. The zero-order valence-electron chi connectivity index (χ0n) is 14.8. The van der Waals surface area contributed by atoms with Crippen LogP contribution in [-0.4, -0.2) is 35.3 Å². The number of aliphatic hydroxyl groups excluding tert-OH is 1. The Morgan fingerprint density at radius 1 is 1.19 bits per heavy atom. The van der Waals surface area contributed by atoms with Crippen LogP contribution in [-0.2, 0) is 15.9 Å². The zero-order valence-corrected chi connectivity index (χ0v) is 18.0. The molecule has 4 aliphatic rings. The van der Waals surface area contributed by atoms with Crippen molar-refractivity contribution >= 4 is 31.9 Å². The van der Waals surface area contributed by atoms with Gasteiger partial charge < -0.3 is 19.7 Å². The fraction of sp³-hybridized carbons (Fsp3) is 0.700. The lowest BCUT2D eigenvalue weighted by Gasteiger charge is -2.52. The van der Waals surface area contributed by atoms with E-state index in [2.05, 4.69) is 44.8 Å².